The number of hydrogen-bond acceptors (Lipinski definition) is 5. The Balaban J connectivity index is 1.99. The van der Waals surface area contributed by atoms with Crippen molar-refractivity contribution in [2.75, 3.05) is 23.8 Å². The molecule has 1 fully saturated rings. The van der Waals surface area contributed by atoms with Gasteiger partial charge >= 0.3 is 0 Å². The minimum atomic E-state index is 0.537. The van der Waals surface area contributed by atoms with Gasteiger partial charge in [0.25, 0.3) is 0 Å². The van der Waals surface area contributed by atoms with Gasteiger partial charge in [0.1, 0.15) is 5.52 Å². The molecule has 2 unspecified atom stereocenters. The summed E-state index contributed by atoms with van der Waals surface area (Å²) in [6.45, 7) is 5.19. The average Bonchev–Trinajstić information content (AvgIpc) is 2.95. The number of fused-ring (bicyclic) bond motifs is 1. The standard InChI is InChI=1S/C15H24N6/c1-4-16-15-19-13-12(17-9-18-13)14(20-15)21(3)11-8-6-5-7-10(11)2/h9-11H,4-8H2,1-3H3,(H2,16,17,18,19,20). The number of imidazole rings is 1. The third-order valence-electron chi connectivity index (χ3n) is 4.50. The van der Waals surface area contributed by atoms with E-state index in [1.165, 1.54) is 25.7 Å². The van der Waals surface area contributed by atoms with Crippen LogP contribution in [-0.2, 0) is 0 Å². The molecule has 6 nitrogen and oxygen atoms in total. The lowest BCUT2D eigenvalue weighted by Gasteiger charge is -2.37. The molecule has 0 aliphatic heterocycles. The van der Waals surface area contributed by atoms with Crippen LogP contribution < -0.4 is 10.2 Å². The van der Waals surface area contributed by atoms with Crippen LogP contribution in [-0.4, -0.2) is 39.6 Å². The van der Waals surface area contributed by atoms with Crippen LogP contribution >= 0.6 is 0 Å². The summed E-state index contributed by atoms with van der Waals surface area (Å²) in [5.74, 6) is 2.30. The minimum absolute atomic E-state index is 0.537. The summed E-state index contributed by atoms with van der Waals surface area (Å²) in [6.07, 6.45) is 6.87. The Bertz CT molecular complexity index is 607. The fourth-order valence-electron chi connectivity index (χ4n) is 3.34. The molecule has 2 atom stereocenters. The van der Waals surface area contributed by atoms with E-state index in [0.717, 1.165) is 23.5 Å². The monoisotopic (exact) mass is 288 g/mol. The number of nitrogens with zero attached hydrogens (tertiary/aromatic N) is 4. The van der Waals surface area contributed by atoms with E-state index in [1.54, 1.807) is 6.33 Å². The van der Waals surface area contributed by atoms with Crippen LogP contribution in [0.2, 0.25) is 0 Å². The number of aromatic nitrogens is 4. The van der Waals surface area contributed by atoms with E-state index in [-0.39, 0.29) is 0 Å². The van der Waals surface area contributed by atoms with Gasteiger partial charge in [-0.3, -0.25) is 0 Å². The largest absolute Gasteiger partial charge is 0.354 e. The topological polar surface area (TPSA) is 69.7 Å². The van der Waals surface area contributed by atoms with Crippen LogP contribution in [0.25, 0.3) is 11.2 Å². The lowest BCUT2D eigenvalue weighted by atomic mass is 9.85. The molecule has 2 heterocycles. The van der Waals surface area contributed by atoms with E-state index in [2.05, 4.69) is 39.1 Å². The van der Waals surface area contributed by atoms with Crippen LogP contribution in [0.1, 0.15) is 39.5 Å². The van der Waals surface area contributed by atoms with Crippen LogP contribution in [0.5, 0.6) is 0 Å². The Labute approximate surface area is 125 Å². The fraction of sp³-hybridized carbons (Fsp3) is 0.667. The van der Waals surface area contributed by atoms with Gasteiger partial charge in [0.15, 0.2) is 11.5 Å². The van der Waals surface area contributed by atoms with Crippen molar-refractivity contribution >= 4 is 22.9 Å². The zero-order chi connectivity index (χ0) is 14.8. The average molecular weight is 288 g/mol. The Hall–Kier alpha value is -1.85. The zero-order valence-corrected chi connectivity index (χ0v) is 13.1. The SMILES string of the molecule is CCNc1nc(N(C)C2CCCCC2C)c2[nH]cnc2n1. The lowest BCUT2D eigenvalue weighted by molar-refractivity contribution is 0.321. The van der Waals surface area contributed by atoms with Crippen molar-refractivity contribution in [3.05, 3.63) is 6.33 Å². The number of rotatable bonds is 4. The molecule has 1 aliphatic rings. The molecular weight excluding hydrogens is 264 g/mol. The van der Waals surface area contributed by atoms with Crippen molar-refractivity contribution in [3.63, 3.8) is 0 Å². The molecule has 114 valence electrons. The van der Waals surface area contributed by atoms with Crippen LogP contribution in [0.4, 0.5) is 11.8 Å². The predicted molar refractivity (Wildman–Crippen MR) is 85.7 cm³/mol. The summed E-state index contributed by atoms with van der Waals surface area (Å²) in [5.41, 5.74) is 1.66. The first-order valence-electron chi connectivity index (χ1n) is 7.88. The summed E-state index contributed by atoms with van der Waals surface area (Å²) >= 11 is 0. The van der Waals surface area contributed by atoms with Crippen LogP contribution in [0.3, 0.4) is 0 Å². The number of nitrogens with one attached hydrogen (secondary N) is 2. The predicted octanol–water partition coefficient (Wildman–Crippen LogP) is 2.80. The molecule has 0 bridgehead atoms. The van der Waals surface area contributed by atoms with Gasteiger partial charge in [-0.15, -0.1) is 0 Å². The highest BCUT2D eigenvalue weighted by Crippen LogP contribution is 2.32. The van der Waals surface area contributed by atoms with Gasteiger partial charge in [-0.25, -0.2) is 4.98 Å². The van der Waals surface area contributed by atoms with Crippen molar-refractivity contribution < 1.29 is 0 Å². The Morgan fingerprint density at radius 3 is 2.90 bits per heavy atom. The molecule has 2 aromatic heterocycles. The molecule has 0 spiro atoms. The fourth-order valence-corrected chi connectivity index (χ4v) is 3.34. The summed E-state index contributed by atoms with van der Waals surface area (Å²) < 4.78 is 0. The lowest BCUT2D eigenvalue weighted by Crippen LogP contribution is -2.39. The van der Waals surface area contributed by atoms with Crippen molar-refractivity contribution in [1.82, 2.24) is 19.9 Å². The first-order valence-corrected chi connectivity index (χ1v) is 7.88. The highest BCUT2D eigenvalue weighted by atomic mass is 15.3. The Kier molecular flexibility index (Phi) is 3.94. The van der Waals surface area contributed by atoms with Crippen molar-refractivity contribution in [2.24, 2.45) is 5.92 Å². The van der Waals surface area contributed by atoms with Gasteiger partial charge in [0.2, 0.25) is 5.95 Å². The maximum absolute atomic E-state index is 4.70. The Morgan fingerprint density at radius 1 is 1.33 bits per heavy atom. The van der Waals surface area contributed by atoms with Gasteiger partial charge in [-0.05, 0) is 25.7 Å². The third-order valence-corrected chi connectivity index (χ3v) is 4.50. The van der Waals surface area contributed by atoms with Crippen molar-refractivity contribution in [3.8, 4) is 0 Å². The minimum Gasteiger partial charge on any atom is -0.354 e. The molecule has 21 heavy (non-hydrogen) atoms. The van der Waals surface area contributed by atoms with Crippen LogP contribution in [0, 0.1) is 5.92 Å². The summed E-state index contributed by atoms with van der Waals surface area (Å²) in [5, 5.41) is 3.20. The number of anilines is 2. The molecule has 0 saturated heterocycles. The second-order valence-electron chi connectivity index (χ2n) is 5.94. The van der Waals surface area contributed by atoms with E-state index in [9.17, 15) is 0 Å². The molecule has 3 rings (SSSR count). The molecular formula is C15H24N6. The van der Waals surface area contributed by atoms with E-state index in [1.807, 2.05) is 6.92 Å². The number of hydrogen-bond donors (Lipinski definition) is 2. The first-order chi connectivity index (χ1) is 10.2. The maximum Gasteiger partial charge on any atom is 0.226 e. The summed E-state index contributed by atoms with van der Waals surface area (Å²) in [4.78, 5) is 18.9. The van der Waals surface area contributed by atoms with Gasteiger partial charge < -0.3 is 15.2 Å². The highest BCUT2D eigenvalue weighted by Gasteiger charge is 2.27. The Morgan fingerprint density at radius 2 is 2.14 bits per heavy atom. The van der Waals surface area contributed by atoms with Gasteiger partial charge in [0, 0.05) is 19.6 Å². The number of H-pyrrole nitrogens is 1. The van der Waals surface area contributed by atoms with E-state index >= 15 is 0 Å². The summed E-state index contributed by atoms with van der Waals surface area (Å²) in [6, 6.07) is 0.537. The molecule has 2 N–H and O–H groups in total. The van der Waals surface area contributed by atoms with E-state index in [4.69, 9.17) is 4.98 Å². The van der Waals surface area contributed by atoms with Crippen molar-refractivity contribution in [1.29, 1.82) is 0 Å². The van der Waals surface area contributed by atoms with E-state index in [0.29, 0.717) is 17.9 Å². The molecule has 0 aromatic carbocycles. The molecule has 0 amide bonds. The third kappa shape index (κ3) is 2.66. The second kappa shape index (κ2) is 5.87. The molecule has 1 saturated carbocycles. The van der Waals surface area contributed by atoms with Crippen LogP contribution in [0.15, 0.2) is 6.33 Å². The van der Waals surface area contributed by atoms with Gasteiger partial charge in [-0.2, -0.15) is 9.97 Å². The van der Waals surface area contributed by atoms with Crippen molar-refractivity contribution in [2.45, 2.75) is 45.6 Å². The molecule has 0 radical (unpaired) electrons. The normalized spacial score (nSPS) is 22.4. The maximum atomic E-state index is 4.70. The highest BCUT2D eigenvalue weighted by molar-refractivity contribution is 5.84. The summed E-state index contributed by atoms with van der Waals surface area (Å²) in [7, 11) is 2.14. The first kappa shape index (κ1) is 14.1. The van der Waals surface area contributed by atoms with E-state index < -0.39 is 0 Å². The zero-order valence-electron chi connectivity index (χ0n) is 13.1. The van der Waals surface area contributed by atoms with Gasteiger partial charge in [0.05, 0.1) is 6.33 Å². The van der Waals surface area contributed by atoms with Gasteiger partial charge in [-0.1, -0.05) is 19.8 Å². The molecule has 6 heteroatoms. The molecule has 1 aliphatic carbocycles. The second-order valence-corrected chi connectivity index (χ2v) is 5.94. The smallest absolute Gasteiger partial charge is 0.226 e. The quantitative estimate of drug-likeness (QED) is 0.905. The number of aromatic amines is 1. The molecule has 2 aromatic rings.